The third-order valence-corrected chi connectivity index (χ3v) is 5.86. The van der Waals surface area contributed by atoms with E-state index in [2.05, 4.69) is 4.72 Å². The molecule has 0 saturated carbocycles. The SMILES string of the molecule is COc1ccc([N+](=O)[O-])cc1NS(=O)(=O)c1ccc2c(c1)CCCN2C(C)=O. The molecule has 1 aliphatic heterocycles. The van der Waals surface area contributed by atoms with Gasteiger partial charge in [0, 0.05) is 31.3 Å². The summed E-state index contributed by atoms with van der Waals surface area (Å²) in [5, 5.41) is 11.0. The van der Waals surface area contributed by atoms with Gasteiger partial charge in [0.1, 0.15) is 5.75 Å². The summed E-state index contributed by atoms with van der Waals surface area (Å²) in [4.78, 5) is 23.8. The van der Waals surface area contributed by atoms with E-state index in [1.807, 2.05) is 0 Å². The highest BCUT2D eigenvalue weighted by Crippen LogP contribution is 2.33. The van der Waals surface area contributed by atoms with Crippen LogP contribution in [0.15, 0.2) is 41.3 Å². The number of nitrogens with zero attached hydrogens (tertiary/aromatic N) is 2. The number of nitrogens with one attached hydrogen (secondary N) is 1. The molecule has 0 spiro atoms. The maximum atomic E-state index is 12.8. The fourth-order valence-corrected chi connectivity index (χ4v) is 4.27. The van der Waals surface area contributed by atoms with Crippen molar-refractivity contribution in [1.82, 2.24) is 0 Å². The van der Waals surface area contributed by atoms with Crippen LogP contribution in [-0.4, -0.2) is 32.9 Å². The molecular weight excluding hydrogens is 386 g/mol. The highest BCUT2D eigenvalue weighted by molar-refractivity contribution is 7.92. The third-order valence-electron chi connectivity index (χ3n) is 4.50. The molecule has 1 heterocycles. The number of carbonyl (C=O) groups is 1. The van der Waals surface area contributed by atoms with E-state index in [-0.39, 0.29) is 27.9 Å². The smallest absolute Gasteiger partial charge is 0.271 e. The zero-order valence-electron chi connectivity index (χ0n) is 15.3. The highest BCUT2D eigenvalue weighted by atomic mass is 32.2. The summed E-state index contributed by atoms with van der Waals surface area (Å²) in [7, 11) is -2.67. The Kier molecular flexibility index (Phi) is 5.23. The van der Waals surface area contributed by atoms with E-state index in [0.717, 1.165) is 18.1 Å². The van der Waals surface area contributed by atoms with E-state index in [1.165, 1.54) is 38.3 Å². The first-order chi connectivity index (χ1) is 13.2. The van der Waals surface area contributed by atoms with E-state index in [1.54, 1.807) is 11.0 Å². The van der Waals surface area contributed by atoms with Gasteiger partial charge in [-0.2, -0.15) is 0 Å². The summed E-state index contributed by atoms with van der Waals surface area (Å²) >= 11 is 0. The van der Waals surface area contributed by atoms with E-state index in [0.29, 0.717) is 18.7 Å². The number of amides is 1. The number of sulfonamides is 1. The van der Waals surface area contributed by atoms with Gasteiger partial charge in [-0.1, -0.05) is 0 Å². The zero-order valence-corrected chi connectivity index (χ0v) is 16.2. The molecule has 1 amide bonds. The summed E-state index contributed by atoms with van der Waals surface area (Å²) in [5.41, 5.74) is 1.17. The van der Waals surface area contributed by atoms with Crippen LogP contribution in [0.4, 0.5) is 17.1 Å². The van der Waals surface area contributed by atoms with Crippen molar-refractivity contribution < 1.29 is 22.9 Å². The van der Waals surface area contributed by atoms with Crippen LogP contribution < -0.4 is 14.4 Å². The molecule has 0 bridgehead atoms. The van der Waals surface area contributed by atoms with Crippen molar-refractivity contribution in [2.45, 2.75) is 24.7 Å². The van der Waals surface area contributed by atoms with Crippen LogP contribution in [-0.2, 0) is 21.2 Å². The molecule has 2 aromatic rings. The Morgan fingerprint density at radius 2 is 2.00 bits per heavy atom. The first kappa shape index (κ1) is 19.6. The second-order valence-electron chi connectivity index (χ2n) is 6.31. The second kappa shape index (κ2) is 7.47. The number of carbonyl (C=O) groups excluding carboxylic acids is 1. The quantitative estimate of drug-likeness (QED) is 0.603. The van der Waals surface area contributed by atoms with Crippen molar-refractivity contribution in [2.75, 3.05) is 23.3 Å². The third kappa shape index (κ3) is 3.77. The lowest BCUT2D eigenvalue weighted by molar-refractivity contribution is -0.384. The Bertz CT molecular complexity index is 1050. The van der Waals surface area contributed by atoms with E-state index < -0.39 is 14.9 Å². The molecule has 0 fully saturated rings. The van der Waals surface area contributed by atoms with Gasteiger partial charge in [0.25, 0.3) is 15.7 Å². The van der Waals surface area contributed by atoms with Crippen molar-refractivity contribution in [3.63, 3.8) is 0 Å². The molecule has 0 saturated heterocycles. The fourth-order valence-electron chi connectivity index (χ4n) is 3.16. The minimum atomic E-state index is -4.02. The van der Waals surface area contributed by atoms with Gasteiger partial charge in [-0.25, -0.2) is 8.42 Å². The second-order valence-corrected chi connectivity index (χ2v) is 7.99. The van der Waals surface area contributed by atoms with Crippen LogP contribution in [0.25, 0.3) is 0 Å². The summed E-state index contributed by atoms with van der Waals surface area (Å²) in [6.45, 7) is 2.06. The zero-order chi connectivity index (χ0) is 20.5. The van der Waals surface area contributed by atoms with E-state index in [4.69, 9.17) is 4.74 Å². The molecule has 3 rings (SSSR count). The van der Waals surface area contributed by atoms with Gasteiger partial charge in [-0.3, -0.25) is 19.6 Å². The fraction of sp³-hybridized carbons (Fsp3) is 0.278. The number of nitro groups is 1. The number of aryl methyl sites for hydroxylation is 1. The summed E-state index contributed by atoms with van der Waals surface area (Å²) in [5.74, 6) is 0.0610. The number of rotatable bonds is 5. The van der Waals surface area contributed by atoms with Gasteiger partial charge in [0.2, 0.25) is 5.91 Å². The van der Waals surface area contributed by atoms with Gasteiger partial charge >= 0.3 is 0 Å². The standard InChI is InChI=1S/C18H19N3O6S/c1-12(22)20-9-3-4-13-10-15(6-7-17(13)20)28(25,26)19-16-11-14(21(23)24)5-8-18(16)27-2/h5-8,10-11,19H,3-4,9H2,1-2H3. The largest absolute Gasteiger partial charge is 0.495 e. The Morgan fingerprint density at radius 3 is 2.64 bits per heavy atom. The Balaban J connectivity index is 1.97. The molecule has 2 aromatic carbocycles. The maximum Gasteiger partial charge on any atom is 0.271 e. The number of methoxy groups -OCH3 is 1. The summed E-state index contributed by atoms with van der Waals surface area (Å²) < 4.78 is 33.1. The van der Waals surface area contributed by atoms with E-state index >= 15 is 0 Å². The first-order valence-corrected chi connectivity index (χ1v) is 9.97. The Morgan fingerprint density at radius 1 is 1.25 bits per heavy atom. The predicted molar refractivity (Wildman–Crippen MR) is 103 cm³/mol. The molecule has 0 aliphatic carbocycles. The molecule has 0 radical (unpaired) electrons. The number of nitro benzene ring substituents is 1. The topological polar surface area (TPSA) is 119 Å². The van der Waals surface area contributed by atoms with Crippen LogP contribution in [0.3, 0.4) is 0 Å². The lowest BCUT2D eigenvalue weighted by Crippen LogP contribution is -2.33. The van der Waals surface area contributed by atoms with Crippen molar-refractivity contribution in [3.05, 3.63) is 52.1 Å². The minimum Gasteiger partial charge on any atom is -0.495 e. The first-order valence-electron chi connectivity index (χ1n) is 8.49. The normalized spacial score (nSPS) is 13.6. The number of fused-ring (bicyclic) bond motifs is 1. The number of hydrogen-bond donors (Lipinski definition) is 1. The van der Waals surface area contributed by atoms with Gasteiger partial charge in [0.05, 0.1) is 22.6 Å². The lowest BCUT2D eigenvalue weighted by Gasteiger charge is -2.28. The minimum absolute atomic E-state index is 0.00483. The molecule has 28 heavy (non-hydrogen) atoms. The number of hydrogen-bond acceptors (Lipinski definition) is 6. The van der Waals surface area contributed by atoms with Crippen molar-refractivity contribution in [2.24, 2.45) is 0 Å². The van der Waals surface area contributed by atoms with Gasteiger partial charge in [0.15, 0.2) is 0 Å². The molecule has 0 aromatic heterocycles. The predicted octanol–water partition coefficient (Wildman–Crippen LogP) is 2.70. The average molecular weight is 405 g/mol. The van der Waals surface area contributed by atoms with Crippen LogP contribution in [0.5, 0.6) is 5.75 Å². The Hall–Kier alpha value is -3.14. The van der Waals surface area contributed by atoms with Crippen molar-refractivity contribution >= 4 is 33.0 Å². The van der Waals surface area contributed by atoms with Crippen molar-refractivity contribution in [3.8, 4) is 5.75 Å². The van der Waals surface area contributed by atoms with E-state index in [9.17, 15) is 23.3 Å². The number of benzene rings is 2. The van der Waals surface area contributed by atoms with Crippen LogP contribution in [0.2, 0.25) is 0 Å². The van der Waals surface area contributed by atoms with Crippen molar-refractivity contribution in [1.29, 1.82) is 0 Å². The molecule has 0 atom stereocenters. The Labute approximate surface area is 162 Å². The lowest BCUT2D eigenvalue weighted by atomic mass is 10.0. The monoisotopic (exact) mass is 405 g/mol. The molecule has 0 unspecified atom stereocenters. The average Bonchev–Trinajstić information content (AvgIpc) is 2.66. The highest BCUT2D eigenvalue weighted by Gasteiger charge is 2.24. The molecule has 9 nitrogen and oxygen atoms in total. The molecular formula is C18H19N3O6S. The van der Waals surface area contributed by atoms with Crippen LogP contribution in [0.1, 0.15) is 18.9 Å². The molecule has 1 N–H and O–H groups in total. The maximum absolute atomic E-state index is 12.8. The van der Waals surface area contributed by atoms with Gasteiger partial charge in [-0.05, 0) is 42.7 Å². The molecule has 148 valence electrons. The van der Waals surface area contributed by atoms with Crippen LogP contribution in [0, 0.1) is 10.1 Å². The number of anilines is 2. The summed E-state index contributed by atoms with van der Waals surface area (Å²) in [6, 6.07) is 8.20. The van der Waals surface area contributed by atoms with Gasteiger partial charge < -0.3 is 9.64 Å². The molecule has 10 heteroatoms. The van der Waals surface area contributed by atoms with Gasteiger partial charge in [-0.15, -0.1) is 0 Å². The van der Waals surface area contributed by atoms with Crippen LogP contribution >= 0.6 is 0 Å². The number of ether oxygens (including phenoxy) is 1. The molecule has 1 aliphatic rings. The summed E-state index contributed by atoms with van der Waals surface area (Å²) in [6.07, 6.45) is 1.39. The number of non-ortho nitro benzene ring substituents is 1.